The molecule has 1 aromatic heterocycles. The van der Waals surface area contributed by atoms with Gasteiger partial charge in [-0.05, 0) is 42.8 Å². The normalized spacial score (nSPS) is 18.1. The van der Waals surface area contributed by atoms with Gasteiger partial charge in [-0.2, -0.15) is 5.10 Å². The van der Waals surface area contributed by atoms with E-state index in [9.17, 15) is 9.59 Å². The van der Waals surface area contributed by atoms with E-state index >= 15 is 0 Å². The predicted octanol–water partition coefficient (Wildman–Crippen LogP) is 4.56. The molecule has 3 aromatic rings. The number of hydrogen-bond acceptors (Lipinski definition) is 4. The van der Waals surface area contributed by atoms with Gasteiger partial charge in [0.15, 0.2) is 0 Å². The average molecular weight is 419 g/mol. The minimum absolute atomic E-state index is 0.252. The molecule has 0 saturated heterocycles. The van der Waals surface area contributed by atoms with Crippen LogP contribution in [-0.4, -0.2) is 27.5 Å². The van der Waals surface area contributed by atoms with Crippen molar-refractivity contribution in [3.63, 3.8) is 0 Å². The van der Waals surface area contributed by atoms with Gasteiger partial charge in [0, 0.05) is 28.7 Å². The van der Waals surface area contributed by atoms with E-state index in [0.717, 1.165) is 0 Å². The first-order chi connectivity index (χ1) is 14.6. The first-order valence-electron chi connectivity index (χ1n) is 9.45. The van der Waals surface area contributed by atoms with Crippen LogP contribution in [0.4, 0.5) is 5.69 Å². The van der Waals surface area contributed by atoms with E-state index in [2.05, 4.69) is 15.4 Å². The summed E-state index contributed by atoms with van der Waals surface area (Å²) in [6, 6.07) is 19.0. The smallest absolute Gasteiger partial charge is 0.274 e. The molecule has 1 N–H and O–H groups in total. The van der Waals surface area contributed by atoms with Gasteiger partial charge in [0.2, 0.25) is 5.91 Å². The Morgan fingerprint density at radius 1 is 0.967 bits per heavy atom. The summed E-state index contributed by atoms with van der Waals surface area (Å²) in [5, 5.41) is 9.21. The van der Waals surface area contributed by atoms with Gasteiger partial charge in [-0.1, -0.05) is 48.0 Å². The first-order valence-corrected chi connectivity index (χ1v) is 9.83. The van der Waals surface area contributed by atoms with E-state index < -0.39 is 12.0 Å². The highest BCUT2D eigenvalue weighted by Crippen LogP contribution is 2.40. The highest BCUT2D eigenvalue weighted by Gasteiger charge is 2.44. The van der Waals surface area contributed by atoms with Gasteiger partial charge in [0.05, 0.1) is 11.8 Å². The Hall–Kier alpha value is -3.51. The van der Waals surface area contributed by atoms with E-state index in [1.165, 1.54) is 5.01 Å². The largest absolute Gasteiger partial charge is 0.325 e. The summed E-state index contributed by atoms with van der Waals surface area (Å²) in [6.07, 6.45) is 3.09. The lowest BCUT2D eigenvalue weighted by Crippen LogP contribution is -2.36. The van der Waals surface area contributed by atoms with Crippen LogP contribution in [0.3, 0.4) is 0 Å². The van der Waals surface area contributed by atoms with Crippen molar-refractivity contribution in [2.75, 3.05) is 5.32 Å². The van der Waals surface area contributed by atoms with Gasteiger partial charge in [0.1, 0.15) is 5.92 Å². The van der Waals surface area contributed by atoms with Crippen LogP contribution in [-0.2, 0) is 4.79 Å². The second kappa shape index (κ2) is 8.47. The zero-order chi connectivity index (χ0) is 21.1. The Balaban J connectivity index is 1.73. The molecule has 2 unspecified atom stereocenters. The number of amides is 2. The van der Waals surface area contributed by atoms with E-state index in [1.54, 1.807) is 37.5 Å². The second-order valence-electron chi connectivity index (χ2n) is 6.93. The standard InChI is InChI=1S/C23H19ClN4O2/c1-15-20(22(29)26-17-7-3-2-4-8-17)21(18-9-5-6-10-19(18)24)28(27-15)23(30)16-11-13-25-14-12-16/h2-14,20-21H,1H3,(H,26,29). The molecule has 30 heavy (non-hydrogen) atoms. The van der Waals surface area contributed by atoms with Crippen LogP contribution in [0.2, 0.25) is 5.02 Å². The monoisotopic (exact) mass is 418 g/mol. The molecular weight excluding hydrogens is 400 g/mol. The summed E-state index contributed by atoms with van der Waals surface area (Å²) in [5.74, 6) is -1.26. The van der Waals surface area contributed by atoms with Gasteiger partial charge in [-0.25, -0.2) is 5.01 Å². The van der Waals surface area contributed by atoms with Crippen molar-refractivity contribution < 1.29 is 9.59 Å². The Morgan fingerprint density at radius 2 is 1.63 bits per heavy atom. The summed E-state index contributed by atoms with van der Waals surface area (Å²) in [7, 11) is 0. The molecule has 7 heteroatoms. The number of carbonyl (C=O) groups excluding carboxylic acids is 2. The second-order valence-corrected chi connectivity index (χ2v) is 7.33. The van der Waals surface area contributed by atoms with Crippen LogP contribution in [0, 0.1) is 5.92 Å². The molecule has 6 nitrogen and oxygen atoms in total. The van der Waals surface area contributed by atoms with Crippen LogP contribution in [0.5, 0.6) is 0 Å². The molecule has 0 bridgehead atoms. The molecule has 4 rings (SSSR count). The van der Waals surface area contributed by atoms with Crippen LogP contribution in [0.15, 0.2) is 84.2 Å². The zero-order valence-corrected chi connectivity index (χ0v) is 17.0. The van der Waals surface area contributed by atoms with E-state index in [-0.39, 0.29) is 11.8 Å². The Kier molecular flexibility index (Phi) is 5.59. The zero-order valence-electron chi connectivity index (χ0n) is 16.2. The van der Waals surface area contributed by atoms with E-state index in [1.807, 2.05) is 48.5 Å². The van der Waals surface area contributed by atoms with Gasteiger partial charge in [0.25, 0.3) is 5.91 Å². The Bertz CT molecular complexity index is 1100. The lowest BCUT2D eigenvalue weighted by molar-refractivity contribution is -0.119. The molecule has 2 amide bonds. The molecule has 0 aliphatic carbocycles. The number of halogens is 1. The SMILES string of the molecule is CC1=NN(C(=O)c2ccncc2)C(c2ccccc2Cl)C1C(=O)Nc1ccccc1. The van der Waals surface area contributed by atoms with Gasteiger partial charge < -0.3 is 5.32 Å². The van der Waals surface area contributed by atoms with E-state index in [0.29, 0.717) is 27.5 Å². The first kappa shape index (κ1) is 19.8. The number of nitrogens with one attached hydrogen (secondary N) is 1. The summed E-state index contributed by atoms with van der Waals surface area (Å²) in [6.45, 7) is 1.75. The molecule has 150 valence electrons. The van der Waals surface area contributed by atoms with Gasteiger partial charge >= 0.3 is 0 Å². The fourth-order valence-corrected chi connectivity index (χ4v) is 3.81. The Labute approximate surface area is 179 Å². The number of para-hydroxylation sites is 1. The number of anilines is 1. The highest BCUT2D eigenvalue weighted by molar-refractivity contribution is 6.31. The minimum Gasteiger partial charge on any atom is -0.325 e. The summed E-state index contributed by atoms with van der Waals surface area (Å²) >= 11 is 6.47. The fourth-order valence-electron chi connectivity index (χ4n) is 3.56. The maximum atomic E-state index is 13.2. The molecule has 2 heterocycles. The number of aromatic nitrogens is 1. The predicted molar refractivity (Wildman–Crippen MR) is 116 cm³/mol. The third kappa shape index (κ3) is 3.82. The van der Waals surface area contributed by atoms with Crippen LogP contribution in [0.1, 0.15) is 28.9 Å². The maximum Gasteiger partial charge on any atom is 0.274 e. The quantitative estimate of drug-likeness (QED) is 0.674. The third-order valence-electron chi connectivity index (χ3n) is 4.98. The Morgan fingerprint density at radius 3 is 2.33 bits per heavy atom. The van der Waals surface area contributed by atoms with Crippen molar-refractivity contribution in [2.45, 2.75) is 13.0 Å². The number of pyridine rings is 1. The number of rotatable bonds is 4. The van der Waals surface area contributed by atoms with E-state index in [4.69, 9.17) is 11.6 Å². The van der Waals surface area contributed by atoms with Crippen molar-refractivity contribution in [3.8, 4) is 0 Å². The minimum atomic E-state index is -0.684. The number of benzene rings is 2. The summed E-state index contributed by atoms with van der Waals surface area (Å²) < 4.78 is 0. The molecule has 0 fully saturated rings. The van der Waals surface area contributed by atoms with Crippen molar-refractivity contribution in [2.24, 2.45) is 11.0 Å². The highest BCUT2D eigenvalue weighted by atomic mass is 35.5. The fraction of sp³-hybridized carbons (Fsp3) is 0.130. The van der Waals surface area contributed by atoms with Crippen LogP contribution >= 0.6 is 11.6 Å². The third-order valence-corrected chi connectivity index (χ3v) is 5.32. The summed E-state index contributed by atoms with van der Waals surface area (Å²) in [5.41, 5.74) is 2.31. The van der Waals surface area contributed by atoms with Crippen LogP contribution < -0.4 is 5.32 Å². The lowest BCUT2D eigenvalue weighted by atomic mass is 9.89. The number of hydrazone groups is 1. The molecular formula is C23H19ClN4O2. The molecule has 0 saturated carbocycles. The maximum absolute atomic E-state index is 13.2. The number of hydrogen-bond donors (Lipinski definition) is 1. The van der Waals surface area contributed by atoms with Crippen molar-refractivity contribution >= 4 is 34.8 Å². The van der Waals surface area contributed by atoms with Gasteiger partial charge in [-0.15, -0.1) is 0 Å². The number of nitrogens with zero attached hydrogens (tertiary/aromatic N) is 3. The van der Waals surface area contributed by atoms with Gasteiger partial charge in [-0.3, -0.25) is 14.6 Å². The molecule has 1 aliphatic heterocycles. The van der Waals surface area contributed by atoms with Crippen LogP contribution in [0.25, 0.3) is 0 Å². The summed E-state index contributed by atoms with van der Waals surface area (Å²) in [4.78, 5) is 30.4. The topological polar surface area (TPSA) is 74.7 Å². The number of carbonyl (C=O) groups is 2. The molecule has 0 spiro atoms. The van der Waals surface area contributed by atoms with Crippen molar-refractivity contribution in [1.82, 2.24) is 9.99 Å². The lowest BCUT2D eigenvalue weighted by Gasteiger charge is -2.27. The van der Waals surface area contributed by atoms with Crippen molar-refractivity contribution in [3.05, 3.63) is 95.3 Å². The molecule has 0 radical (unpaired) electrons. The molecule has 2 aromatic carbocycles. The van der Waals surface area contributed by atoms with Crippen molar-refractivity contribution in [1.29, 1.82) is 0 Å². The average Bonchev–Trinajstić information content (AvgIpc) is 3.12. The molecule has 2 atom stereocenters. The molecule has 1 aliphatic rings.